The lowest BCUT2D eigenvalue weighted by atomic mass is 9.98. The summed E-state index contributed by atoms with van der Waals surface area (Å²) < 4.78 is 5.58. The molecule has 2 amide bonds. The third-order valence-electron chi connectivity index (χ3n) is 4.32. The van der Waals surface area contributed by atoms with Crippen LogP contribution < -0.4 is 10.1 Å². The molecular weight excluding hydrogens is 304 g/mol. The lowest BCUT2D eigenvalue weighted by Crippen LogP contribution is -2.45. The Morgan fingerprint density at radius 2 is 2.04 bits per heavy atom. The van der Waals surface area contributed by atoms with Crippen molar-refractivity contribution < 1.29 is 14.3 Å². The Bertz CT molecular complexity index is 542. The Hall–Kier alpha value is -2.04. The number of carbonyl (C=O) groups excluding carboxylic acids is 2. The van der Waals surface area contributed by atoms with E-state index in [9.17, 15) is 9.59 Å². The van der Waals surface area contributed by atoms with Crippen LogP contribution in [0.3, 0.4) is 0 Å². The van der Waals surface area contributed by atoms with E-state index >= 15 is 0 Å². The fourth-order valence-electron chi connectivity index (χ4n) is 2.90. The maximum Gasteiger partial charge on any atom is 0.260 e. The highest BCUT2D eigenvalue weighted by atomic mass is 16.5. The van der Waals surface area contributed by atoms with Crippen molar-refractivity contribution in [3.8, 4) is 5.75 Å². The van der Waals surface area contributed by atoms with Crippen molar-refractivity contribution in [2.24, 2.45) is 5.92 Å². The minimum Gasteiger partial charge on any atom is -0.484 e. The summed E-state index contributed by atoms with van der Waals surface area (Å²) in [5.74, 6) is 1.17. The third kappa shape index (κ3) is 5.87. The van der Waals surface area contributed by atoms with Gasteiger partial charge in [-0.2, -0.15) is 0 Å². The molecule has 0 aliphatic carbocycles. The summed E-state index contributed by atoms with van der Waals surface area (Å²) in [6, 6.07) is 7.70. The van der Waals surface area contributed by atoms with Gasteiger partial charge in [-0.1, -0.05) is 24.6 Å². The highest BCUT2D eigenvalue weighted by Gasteiger charge is 2.24. The fourth-order valence-corrected chi connectivity index (χ4v) is 2.90. The zero-order chi connectivity index (χ0) is 17.4. The van der Waals surface area contributed by atoms with Crippen molar-refractivity contribution in [2.45, 2.75) is 39.5 Å². The zero-order valence-electron chi connectivity index (χ0n) is 14.7. The van der Waals surface area contributed by atoms with Crippen molar-refractivity contribution >= 4 is 11.8 Å². The molecule has 5 nitrogen and oxygen atoms in total. The van der Waals surface area contributed by atoms with Gasteiger partial charge >= 0.3 is 0 Å². The lowest BCUT2D eigenvalue weighted by molar-refractivity contribution is -0.135. The molecule has 2 rings (SSSR count). The molecule has 1 aromatic rings. The molecule has 24 heavy (non-hydrogen) atoms. The van der Waals surface area contributed by atoms with Gasteiger partial charge in [0.05, 0.1) is 0 Å². The number of hydrogen-bond acceptors (Lipinski definition) is 3. The molecule has 0 saturated carbocycles. The minimum atomic E-state index is 0.0140. The highest BCUT2D eigenvalue weighted by molar-refractivity contribution is 5.78. The van der Waals surface area contributed by atoms with Gasteiger partial charge in [0.15, 0.2) is 6.61 Å². The van der Waals surface area contributed by atoms with E-state index < -0.39 is 0 Å². The van der Waals surface area contributed by atoms with Crippen molar-refractivity contribution in [1.82, 2.24) is 10.2 Å². The van der Waals surface area contributed by atoms with E-state index in [-0.39, 0.29) is 18.4 Å². The molecule has 0 radical (unpaired) electrons. The number of rotatable bonds is 7. The Kier molecular flexibility index (Phi) is 7.09. The molecule has 1 fully saturated rings. The van der Waals surface area contributed by atoms with Crippen molar-refractivity contribution in [1.29, 1.82) is 0 Å². The van der Waals surface area contributed by atoms with Gasteiger partial charge in [0.25, 0.3) is 5.91 Å². The van der Waals surface area contributed by atoms with Crippen LogP contribution in [0.4, 0.5) is 0 Å². The summed E-state index contributed by atoms with van der Waals surface area (Å²) in [7, 11) is 0. The second-order valence-electron chi connectivity index (χ2n) is 6.50. The molecule has 1 aliphatic rings. The monoisotopic (exact) mass is 332 g/mol. The molecule has 0 spiro atoms. The number of piperidine rings is 1. The molecule has 5 heteroatoms. The van der Waals surface area contributed by atoms with E-state index in [1.54, 1.807) is 0 Å². The Morgan fingerprint density at radius 3 is 2.75 bits per heavy atom. The first kappa shape index (κ1) is 18.3. The maximum absolute atomic E-state index is 12.3. The van der Waals surface area contributed by atoms with Crippen molar-refractivity contribution in [2.75, 3.05) is 26.2 Å². The van der Waals surface area contributed by atoms with Crippen LogP contribution >= 0.6 is 0 Å². The first-order valence-corrected chi connectivity index (χ1v) is 8.82. The summed E-state index contributed by atoms with van der Waals surface area (Å²) in [6.07, 6.45) is 3.46. The average molecular weight is 332 g/mol. The van der Waals surface area contributed by atoms with Gasteiger partial charge < -0.3 is 15.0 Å². The van der Waals surface area contributed by atoms with Gasteiger partial charge in [-0.05, 0) is 44.2 Å². The second-order valence-corrected chi connectivity index (χ2v) is 6.50. The van der Waals surface area contributed by atoms with E-state index in [0.717, 1.165) is 31.4 Å². The summed E-state index contributed by atoms with van der Waals surface area (Å²) in [6.45, 7) is 6.20. The molecule has 1 aromatic carbocycles. The lowest BCUT2D eigenvalue weighted by Gasteiger charge is -2.32. The van der Waals surface area contributed by atoms with Crippen LogP contribution in [0.1, 0.15) is 38.2 Å². The first-order chi connectivity index (χ1) is 11.6. The molecule has 0 aromatic heterocycles. The largest absolute Gasteiger partial charge is 0.484 e. The number of ether oxygens (including phenoxy) is 1. The number of carbonyl (C=O) groups is 2. The molecule has 1 aliphatic heterocycles. The SMILES string of the molecule is CCCC(=O)NC[C@@H]1CCCN(C(=O)COc2ccc(C)cc2)C1. The Morgan fingerprint density at radius 1 is 1.29 bits per heavy atom. The van der Waals surface area contributed by atoms with Gasteiger partial charge in [-0.15, -0.1) is 0 Å². The van der Waals surface area contributed by atoms with Gasteiger partial charge in [0, 0.05) is 26.1 Å². The first-order valence-electron chi connectivity index (χ1n) is 8.82. The highest BCUT2D eigenvalue weighted by Crippen LogP contribution is 2.17. The Labute approximate surface area is 144 Å². The smallest absolute Gasteiger partial charge is 0.260 e. The Balaban J connectivity index is 1.75. The minimum absolute atomic E-state index is 0.0140. The molecule has 1 saturated heterocycles. The maximum atomic E-state index is 12.3. The second kappa shape index (κ2) is 9.30. The molecule has 1 N–H and O–H groups in total. The number of nitrogens with one attached hydrogen (secondary N) is 1. The van der Waals surface area contributed by atoms with E-state index in [0.29, 0.717) is 31.2 Å². The van der Waals surface area contributed by atoms with E-state index in [4.69, 9.17) is 4.74 Å². The van der Waals surface area contributed by atoms with Crippen LogP contribution in [0.25, 0.3) is 0 Å². The van der Waals surface area contributed by atoms with Crippen LogP contribution in [-0.4, -0.2) is 43.0 Å². The predicted molar refractivity (Wildman–Crippen MR) is 93.9 cm³/mol. The number of likely N-dealkylation sites (tertiary alicyclic amines) is 1. The number of amides is 2. The normalized spacial score (nSPS) is 17.4. The van der Waals surface area contributed by atoms with Gasteiger partial charge in [0.2, 0.25) is 5.91 Å². The number of benzene rings is 1. The molecule has 1 atom stereocenters. The van der Waals surface area contributed by atoms with Crippen molar-refractivity contribution in [3.63, 3.8) is 0 Å². The standard InChI is InChI=1S/C19H28N2O3/c1-3-5-18(22)20-12-16-6-4-11-21(13-16)19(23)14-24-17-9-7-15(2)8-10-17/h7-10,16H,3-6,11-14H2,1-2H3,(H,20,22)/t16-/m0/s1. The van der Waals surface area contributed by atoms with E-state index in [1.807, 2.05) is 43.0 Å². The van der Waals surface area contributed by atoms with Gasteiger partial charge in [-0.3, -0.25) is 9.59 Å². The average Bonchev–Trinajstić information content (AvgIpc) is 2.60. The molecule has 0 unspecified atom stereocenters. The number of nitrogens with zero attached hydrogens (tertiary/aromatic N) is 1. The van der Waals surface area contributed by atoms with E-state index in [2.05, 4.69) is 5.32 Å². The van der Waals surface area contributed by atoms with E-state index in [1.165, 1.54) is 0 Å². The molecule has 132 valence electrons. The van der Waals surface area contributed by atoms with Crippen molar-refractivity contribution in [3.05, 3.63) is 29.8 Å². The topological polar surface area (TPSA) is 58.6 Å². The summed E-state index contributed by atoms with van der Waals surface area (Å²) in [5, 5.41) is 2.97. The van der Waals surface area contributed by atoms with Crippen LogP contribution in [0.5, 0.6) is 5.75 Å². The van der Waals surface area contributed by atoms with Gasteiger partial charge in [-0.25, -0.2) is 0 Å². The number of hydrogen-bond donors (Lipinski definition) is 1. The molecule has 1 heterocycles. The van der Waals surface area contributed by atoms with Gasteiger partial charge in [0.1, 0.15) is 5.75 Å². The van der Waals surface area contributed by atoms with Crippen LogP contribution in [0, 0.1) is 12.8 Å². The molecule has 0 bridgehead atoms. The van der Waals surface area contributed by atoms with Crippen LogP contribution in [0.2, 0.25) is 0 Å². The summed E-state index contributed by atoms with van der Waals surface area (Å²) in [5.41, 5.74) is 1.16. The quantitative estimate of drug-likeness (QED) is 0.835. The molecular formula is C19H28N2O3. The van der Waals surface area contributed by atoms with Crippen LogP contribution in [-0.2, 0) is 9.59 Å². The predicted octanol–water partition coefficient (Wildman–Crippen LogP) is 2.53. The zero-order valence-corrected chi connectivity index (χ0v) is 14.7. The summed E-state index contributed by atoms with van der Waals surface area (Å²) in [4.78, 5) is 25.8. The third-order valence-corrected chi connectivity index (χ3v) is 4.32. The fraction of sp³-hybridized carbons (Fsp3) is 0.579. The van der Waals surface area contributed by atoms with Crippen LogP contribution in [0.15, 0.2) is 24.3 Å². The number of aryl methyl sites for hydroxylation is 1. The summed E-state index contributed by atoms with van der Waals surface area (Å²) >= 11 is 0.